The molecule has 0 bridgehead atoms. The van der Waals surface area contributed by atoms with E-state index in [2.05, 4.69) is 18.7 Å². The Kier molecular flexibility index (Phi) is 6.30. The number of amides is 1. The molecular formula is C15H24ClN3O. The second-order valence-corrected chi connectivity index (χ2v) is 5.04. The van der Waals surface area contributed by atoms with Gasteiger partial charge in [0.05, 0.1) is 0 Å². The van der Waals surface area contributed by atoms with Crippen molar-refractivity contribution in [2.24, 2.45) is 0 Å². The molecule has 1 fully saturated rings. The number of nitrogens with two attached hydrogens (primary N) is 1. The molecule has 112 valence electrons. The second-order valence-electron chi connectivity index (χ2n) is 5.04. The molecule has 1 aromatic rings. The number of benzene rings is 1. The molecular weight excluding hydrogens is 274 g/mol. The topological polar surface area (TPSA) is 49.6 Å². The number of nitrogens with zero attached hydrogens (tertiary/aromatic N) is 2. The molecule has 2 rings (SSSR count). The number of halogens is 1. The van der Waals surface area contributed by atoms with Gasteiger partial charge in [-0.2, -0.15) is 0 Å². The van der Waals surface area contributed by atoms with Crippen molar-refractivity contribution in [2.45, 2.75) is 26.3 Å². The van der Waals surface area contributed by atoms with Crippen LogP contribution in [-0.4, -0.2) is 47.9 Å². The van der Waals surface area contributed by atoms with E-state index >= 15 is 0 Å². The van der Waals surface area contributed by atoms with Crippen LogP contribution in [-0.2, 0) is 0 Å². The lowest BCUT2D eigenvalue weighted by molar-refractivity contribution is 0.0778. The zero-order valence-electron chi connectivity index (χ0n) is 12.2. The highest BCUT2D eigenvalue weighted by Crippen LogP contribution is 2.18. The molecule has 0 spiro atoms. The van der Waals surface area contributed by atoms with Gasteiger partial charge in [-0.3, -0.25) is 9.69 Å². The number of carbonyl (C=O) groups excluding carboxylic acids is 1. The SMILES string of the molecule is CCN(CC)C1CCN(C(=O)c2ccc(N)cc2)C1.Cl. The van der Waals surface area contributed by atoms with Crippen molar-refractivity contribution in [3.05, 3.63) is 29.8 Å². The zero-order chi connectivity index (χ0) is 13.8. The van der Waals surface area contributed by atoms with Crippen LogP contribution in [0.4, 0.5) is 5.69 Å². The average Bonchev–Trinajstić information content (AvgIpc) is 2.90. The van der Waals surface area contributed by atoms with E-state index in [-0.39, 0.29) is 18.3 Å². The fraction of sp³-hybridized carbons (Fsp3) is 0.533. The molecule has 0 aromatic heterocycles. The van der Waals surface area contributed by atoms with Crippen molar-refractivity contribution >= 4 is 24.0 Å². The molecule has 2 N–H and O–H groups in total. The number of hydrogen-bond donors (Lipinski definition) is 1. The Labute approximate surface area is 127 Å². The molecule has 0 saturated carbocycles. The highest BCUT2D eigenvalue weighted by atomic mass is 35.5. The maximum Gasteiger partial charge on any atom is 0.253 e. The van der Waals surface area contributed by atoms with E-state index in [1.807, 2.05) is 17.0 Å². The third kappa shape index (κ3) is 3.64. The Bertz CT molecular complexity index is 431. The van der Waals surface area contributed by atoms with Gasteiger partial charge in [0.1, 0.15) is 0 Å². The predicted octanol–water partition coefficient (Wildman–Crippen LogP) is 2.25. The van der Waals surface area contributed by atoms with Gasteiger partial charge in [0.25, 0.3) is 5.91 Å². The average molecular weight is 298 g/mol. The smallest absolute Gasteiger partial charge is 0.253 e. The summed E-state index contributed by atoms with van der Waals surface area (Å²) in [6.45, 7) is 8.13. The van der Waals surface area contributed by atoms with Gasteiger partial charge in [-0.05, 0) is 43.8 Å². The molecule has 0 radical (unpaired) electrons. The minimum Gasteiger partial charge on any atom is -0.399 e. The third-order valence-electron chi connectivity index (χ3n) is 3.94. The van der Waals surface area contributed by atoms with E-state index in [0.717, 1.165) is 38.2 Å². The molecule has 1 saturated heterocycles. The van der Waals surface area contributed by atoms with E-state index in [9.17, 15) is 4.79 Å². The molecule has 5 heteroatoms. The van der Waals surface area contributed by atoms with Crippen LogP contribution < -0.4 is 5.73 Å². The summed E-state index contributed by atoms with van der Waals surface area (Å²) in [5.41, 5.74) is 7.07. The first-order valence-corrected chi connectivity index (χ1v) is 7.04. The molecule has 1 aromatic carbocycles. The van der Waals surface area contributed by atoms with Crippen LogP contribution >= 0.6 is 12.4 Å². The van der Waals surface area contributed by atoms with Gasteiger partial charge in [0, 0.05) is 30.4 Å². The molecule has 20 heavy (non-hydrogen) atoms. The summed E-state index contributed by atoms with van der Waals surface area (Å²) >= 11 is 0. The molecule has 1 unspecified atom stereocenters. The maximum atomic E-state index is 12.4. The van der Waals surface area contributed by atoms with Gasteiger partial charge in [-0.25, -0.2) is 0 Å². The van der Waals surface area contributed by atoms with E-state index in [1.54, 1.807) is 12.1 Å². The standard InChI is InChI=1S/C15H23N3O.ClH/c1-3-17(4-2)14-9-10-18(11-14)15(19)12-5-7-13(16)8-6-12;/h5-8,14H,3-4,9-11,16H2,1-2H3;1H. The summed E-state index contributed by atoms with van der Waals surface area (Å²) in [5, 5.41) is 0. The Balaban J connectivity index is 0.00000200. The molecule has 1 aliphatic heterocycles. The zero-order valence-corrected chi connectivity index (χ0v) is 13.0. The minimum absolute atomic E-state index is 0. The van der Waals surface area contributed by atoms with Crippen molar-refractivity contribution in [2.75, 3.05) is 31.9 Å². The number of likely N-dealkylation sites (N-methyl/N-ethyl adjacent to an activating group) is 1. The van der Waals surface area contributed by atoms with E-state index in [0.29, 0.717) is 11.7 Å². The number of nitrogen functional groups attached to an aromatic ring is 1. The monoisotopic (exact) mass is 297 g/mol. The largest absolute Gasteiger partial charge is 0.399 e. The second kappa shape index (κ2) is 7.50. The van der Waals surface area contributed by atoms with Crippen molar-refractivity contribution in [3.63, 3.8) is 0 Å². The number of rotatable bonds is 4. The predicted molar refractivity (Wildman–Crippen MR) is 85.3 cm³/mol. The summed E-state index contributed by atoms with van der Waals surface area (Å²) in [4.78, 5) is 16.7. The van der Waals surface area contributed by atoms with Crippen LogP contribution in [0.25, 0.3) is 0 Å². The molecule has 1 amide bonds. The number of anilines is 1. The van der Waals surface area contributed by atoms with Gasteiger partial charge in [0.2, 0.25) is 0 Å². The molecule has 1 heterocycles. The lowest BCUT2D eigenvalue weighted by Gasteiger charge is -2.26. The number of likely N-dealkylation sites (tertiary alicyclic amines) is 1. The van der Waals surface area contributed by atoms with Crippen molar-refractivity contribution in [1.82, 2.24) is 9.80 Å². The van der Waals surface area contributed by atoms with Crippen LogP contribution in [0.5, 0.6) is 0 Å². The summed E-state index contributed by atoms with van der Waals surface area (Å²) in [5.74, 6) is 0.120. The summed E-state index contributed by atoms with van der Waals surface area (Å²) in [6, 6.07) is 7.69. The summed E-state index contributed by atoms with van der Waals surface area (Å²) in [7, 11) is 0. The van der Waals surface area contributed by atoms with Gasteiger partial charge >= 0.3 is 0 Å². The number of hydrogen-bond acceptors (Lipinski definition) is 3. The Hall–Kier alpha value is -1.26. The normalized spacial score (nSPS) is 18.1. The van der Waals surface area contributed by atoms with Crippen LogP contribution in [0.2, 0.25) is 0 Å². The fourth-order valence-corrected chi connectivity index (χ4v) is 2.77. The number of carbonyl (C=O) groups is 1. The lowest BCUT2D eigenvalue weighted by atomic mass is 10.2. The Morgan fingerprint density at radius 3 is 2.45 bits per heavy atom. The Morgan fingerprint density at radius 2 is 1.90 bits per heavy atom. The van der Waals surface area contributed by atoms with Gasteiger partial charge < -0.3 is 10.6 Å². The van der Waals surface area contributed by atoms with E-state index in [1.165, 1.54) is 0 Å². The first-order valence-electron chi connectivity index (χ1n) is 7.04. The van der Waals surface area contributed by atoms with Crippen molar-refractivity contribution < 1.29 is 4.79 Å². The molecule has 1 atom stereocenters. The van der Waals surface area contributed by atoms with Gasteiger partial charge in [0.15, 0.2) is 0 Å². The van der Waals surface area contributed by atoms with E-state index in [4.69, 9.17) is 5.73 Å². The Morgan fingerprint density at radius 1 is 1.30 bits per heavy atom. The lowest BCUT2D eigenvalue weighted by Crippen LogP contribution is -2.38. The summed E-state index contributed by atoms with van der Waals surface area (Å²) < 4.78 is 0. The highest BCUT2D eigenvalue weighted by molar-refractivity contribution is 5.94. The van der Waals surface area contributed by atoms with Crippen LogP contribution in [0.1, 0.15) is 30.6 Å². The van der Waals surface area contributed by atoms with Crippen LogP contribution in [0.3, 0.4) is 0 Å². The summed E-state index contributed by atoms with van der Waals surface area (Å²) in [6.07, 6.45) is 1.07. The molecule has 4 nitrogen and oxygen atoms in total. The minimum atomic E-state index is 0. The quantitative estimate of drug-likeness (QED) is 0.867. The molecule has 0 aliphatic carbocycles. The first-order chi connectivity index (χ1) is 9.15. The third-order valence-corrected chi connectivity index (χ3v) is 3.94. The first kappa shape index (κ1) is 16.8. The molecule has 1 aliphatic rings. The highest BCUT2D eigenvalue weighted by Gasteiger charge is 2.29. The van der Waals surface area contributed by atoms with Gasteiger partial charge in [-0.15, -0.1) is 12.4 Å². The fourth-order valence-electron chi connectivity index (χ4n) is 2.77. The van der Waals surface area contributed by atoms with Crippen molar-refractivity contribution in [3.8, 4) is 0 Å². The van der Waals surface area contributed by atoms with Crippen LogP contribution in [0, 0.1) is 0 Å². The van der Waals surface area contributed by atoms with E-state index < -0.39 is 0 Å². The van der Waals surface area contributed by atoms with Gasteiger partial charge in [-0.1, -0.05) is 13.8 Å². The van der Waals surface area contributed by atoms with Crippen molar-refractivity contribution in [1.29, 1.82) is 0 Å². The maximum absolute atomic E-state index is 12.4. The van der Waals surface area contributed by atoms with Crippen LogP contribution in [0.15, 0.2) is 24.3 Å².